The molecule has 0 aliphatic rings. The maximum atomic E-state index is 3.41. The summed E-state index contributed by atoms with van der Waals surface area (Å²) < 4.78 is 0. The molecule has 0 saturated carbocycles. The predicted octanol–water partition coefficient (Wildman–Crippen LogP) is 3.74. The van der Waals surface area contributed by atoms with Crippen molar-refractivity contribution in [2.24, 2.45) is 0 Å². The van der Waals surface area contributed by atoms with Crippen molar-refractivity contribution in [3.63, 3.8) is 0 Å². The molecule has 0 saturated heterocycles. The highest BCUT2D eigenvalue weighted by molar-refractivity contribution is 5.47. The van der Waals surface area contributed by atoms with Crippen molar-refractivity contribution in [3.8, 4) is 0 Å². The van der Waals surface area contributed by atoms with Crippen molar-refractivity contribution in [2.75, 3.05) is 18.5 Å². The van der Waals surface area contributed by atoms with E-state index in [1.54, 1.807) is 0 Å². The number of hydrogen-bond acceptors (Lipinski definition) is 2. The highest BCUT2D eigenvalue weighted by Gasteiger charge is 2.06. The molecule has 0 atom stereocenters. The normalized spacial score (nSPS) is 10.6. The van der Waals surface area contributed by atoms with Crippen molar-refractivity contribution in [1.29, 1.82) is 0 Å². The minimum Gasteiger partial charge on any atom is -0.370 e. The summed E-state index contributed by atoms with van der Waals surface area (Å²) in [6, 6.07) is 17.4. The van der Waals surface area contributed by atoms with Gasteiger partial charge < -0.3 is 10.2 Å². The summed E-state index contributed by atoms with van der Waals surface area (Å²) in [5.41, 5.74) is 5.33. The maximum absolute atomic E-state index is 3.41. The Kier molecular flexibility index (Phi) is 5.19. The molecular weight excluding hydrogens is 244 g/mol. The van der Waals surface area contributed by atoms with Crippen molar-refractivity contribution in [1.82, 2.24) is 5.32 Å². The first-order chi connectivity index (χ1) is 9.70. The van der Waals surface area contributed by atoms with Crippen molar-refractivity contribution < 1.29 is 0 Å². The van der Waals surface area contributed by atoms with E-state index in [2.05, 4.69) is 79.6 Å². The number of anilines is 1. The Bertz CT molecular complexity index is 531. The zero-order valence-corrected chi connectivity index (χ0v) is 12.7. The topological polar surface area (TPSA) is 15.3 Å². The summed E-state index contributed by atoms with van der Waals surface area (Å²) in [5.74, 6) is 0. The molecule has 2 aromatic rings. The van der Waals surface area contributed by atoms with Gasteiger partial charge in [-0.3, -0.25) is 0 Å². The maximum Gasteiger partial charge on any atom is 0.0429 e. The number of nitrogens with one attached hydrogen (secondary N) is 1. The van der Waals surface area contributed by atoms with Gasteiger partial charge in [-0.2, -0.15) is 0 Å². The summed E-state index contributed by atoms with van der Waals surface area (Å²) in [6.45, 7) is 7.14. The zero-order chi connectivity index (χ0) is 14.4. The molecule has 0 radical (unpaired) electrons. The lowest BCUT2D eigenvalue weighted by molar-refractivity contribution is 0.717. The molecule has 2 heteroatoms. The Morgan fingerprint density at radius 3 is 2.25 bits per heavy atom. The van der Waals surface area contributed by atoms with Crippen LogP contribution < -0.4 is 10.2 Å². The molecule has 1 N–H and O–H groups in total. The van der Waals surface area contributed by atoms with Crippen LogP contribution in [-0.4, -0.2) is 13.6 Å². The summed E-state index contributed by atoms with van der Waals surface area (Å²) in [6.07, 6.45) is 0. The van der Waals surface area contributed by atoms with Crippen molar-refractivity contribution in [3.05, 3.63) is 65.2 Å². The lowest BCUT2D eigenvalue weighted by Crippen LogP contribution is -2.19. The highest BCUT2D eigenvalue weighted by Crippen LogP contribution is 2.18. The van der Waals surface area contributed by atoms with E-state index in [9.17, 15) is 0 Å². The van der Waals surface area contributed by atoms with E-state index < -0.39 is 0 Å². The van der Waals surface area contributed by atoms with Gasteiger partial charge in [-0.15, -0.1) is 0 Å². The van der Waals surface area contributed by atoms with Gasteiger partial charge >= 0.3 is 0 Å². The van der Waals surface area contributed by atoms with Crippen LogP contribution in [0.15, 0.2) is 48.5 Å². The monoisotopic (exact) mass is 268 g/mol. The van der Waals surface area contributed by atoms with Crippen LogP contribution in [-0.2, 0) is 13.1 Å². The number of hydrogen-bond donors (Lipinski definition) is 1. The fraction of sp³-hybridized carbons (Fsp3) is 0.333. The van der Waals surface area contributed by atoms with Gasteiger partial charge in [0.15, 0.2) is 0 Å². The van der Waals surface area contributed by atoms with Crippen LogP contribution >= 0.6 is 0 Å². The van der Waals surface area contributed by atoms with Gasteiger partial charge in [0.2, 0.25) is 0 Å². The Hall–Kier alpha value is -1.80. The Labute approximate surface area is 122 Å². The van der Waals surface area contributed by atoms with Crippen LogP contribution in [0, 0.1) is 6.92 Å². The first-order valence-electron chi connectivity index (χ1n) is 7.26. The molecular formula is C18H24N2. The predicted molar refractivity (Wildman–Crippen MR) is 87.1 cm³/mol. The fourth-order valence-electron chi connectivity index (χ4n) is 2.29. The van der Waals surface area contributed by atoms with E-state index in [1.807, 2.05) is 0 Å². The second-order valence-electron chi connectivity index (χ2n) is 5.24. The number of nitrogens with zero attached hydrogens (tertiary/aromatic N) is 1. The van der Waals surface area contributed by atoms with Gasteiger partial charge in [-0.25, -0.2) is 0 Å². The smallest absolute Gasteiger partial charge is 0.0429 e. The van der Waals surface area contributed by atoms with Gasteiger partial charge in [0.05, 0.1) is 0 Å². The minimum atomic E-state index is 0.935. The average Bonchev–Trinajstić information content (AvgIpc) is 2.47. The lowest BCUT2D eigenvalue weighted by atomic mass is 10.1. The highest BCUT2D eigenvalue weighted by atomic mass is 15.1. The molecule has 0 aromatic heterocycles. The minimum absolute atomic E-state index is 0.935. The molecule has 2 aromatic carbocycles. The fourth-order valence-corrected chi connectivity index (χ4v) is 2.29. The Morgan fingerprint density at radius 1 is 0.950 bits per heavy atom. The third kappa shape index (κ3) is 3.84. The molecule has 0 aliphatic carbocycles. The van der Waals surface area contributed by atoms with Gasteiger partial charge in [0, 0.05) is 25.8 Å². The van der Waals surface area contributed by atoms with Gasteiger partial charge in [0.25, 0.3) is 0 Å². The SMILES string of the molecule is CCNCc1ccccc1CN(C)c1ccc(C)cc1. The third-order valence-corrected chi connectivity index (χ3v) is 3.57. The van der Waals surface area contributed by atoms with Crippen molar-refractivity contribution in [2.45, 2.75) is 26.9 Å². The molecule has 0 heterocycles. The molecule has 2 nitrogen and oxygen atoms in total. The van der Waals surface area contributed by atoms with Gasteiger partial charge in [-0.1, -0.05) is 48.9 Å². The largest absolute Gasteiger partial charge is 0.370 e. The molecule has 20 heavy (non-hydrogen) atoms. The van der Waals surface area contributed by atoms with E-state index in [-0.39, 0.29) is 0 Å². The molecule has 0 fully saturated rings. The molecule has 0 unspecified atom stereocenters. The quantitative estimate of drug-likeness (QED) is 0.858. The first-order valence-corrected chi connectivity index (χ1v) is 7.26. The van der Waals surface area contributed by atoms with Crippen LogP contribution in [0.2, 0.25) is 0 Å². The molecule has 2 rings (SSSR count). The number of benzene rings is 2. The van der Waals surface area contributed by atoms with Crippen LogP contribution in [0.5, 0.6) is 0 Å². The summed E-state index contributed by atoms with van der Waals surface area (Å²) in [5, 5.41) is 3.41. The van der Waals surface area contributed by atoms with E-state index in [0.717, 1.165) is 19.6 Å². The van der Waals surface area contributed by atoms with Crippen LogP contribution in [0.4, 0.5) is 5.69 Å². The molecule has 0 bridgehead atoms. The molecule has 0 amide bonds. The number of aryl methyl sites for hydroxylation is 1. The van der Waals surface area contributed by atoms with Crippen LogP contribution in [0.1, 0.15) is 23.6 Å². The van der Waals surface area contributed by atoms with Crippen LogP contribution in [0.3, 0.4) is 0 Å². The summed E-state index contributed by atoms with van der Waals surface area (Å²) in [7, 11) is 2.15. The lowest BCUT2D eigenvalue weighted by Gasteiger charge is -2.21. The van der Waals surface area contributed by atoms with Gasteiger partial charge in [-0.05, 0) is 36.7 Å². The second kappa shape index (κ2) is 7.11. The van der Waals surface area contributed by atoms with Crippen molar-refractivity contribution >= 4 is 5.69 Å². The Morgan fingerprint density at radius 2 is 1.60 bits per heavy atom. The second-order valence-corrected chi connectivity index (χ2v) is 5.24. The molecule has 0 aliphatic heterocycles. The van der Waals surface area contributed by atoms with Gasteiger partial charge in [0.1, 0.15) is 0 Å². The molecule has 0 spiro atoms. The van der Waals surface area contributed by atoms with E-state index in [0.29, 0.717) is 0 Å². The van der Waals surface area contributed by atoms with E-state index >= 15 is 0 Å². The zero-order valence-electron chi connectivity index (χ0n) is 12.7. The standard InChI is InChI=1S/C18H24N2/c1-4-19-13-16-7-5-6-8-17(16)14-20(3)18-11-9-15(2)10-12-18/h5-12,19H,4,13-14H2,1-3H3. The molecule has 106 valence electrons. The van der Waals surface area contributed by atoms with E-state index in [4.69, 9.17) is 0 Å². The first kappa shape index (κ1) is 14.6. The van der Waals surface area contributed by atoms with Crippen LogP contribution in [0.25, 0.3) is 0 Å². The third-order valence-electron chi connectivity index (χ3n) is 3.57. The van der Waals surface area contributed by atoms with E-state index in [1.165, 1.54) is 22.4 Å². The number of rotatable bonds is 6. The Balaban J connectivity index is 2.10. The summed E-state index contributed by atoms with van der Waals surface area (Å²) in [4.78, 5) is 2.30. The summed E-state index contributed by atoms with van der Waals surface area (Å²) >= 11 is 0. The average molecular weight is 268 g/mol.